The van der Waals surface area contributed by atoms with E-state index in [1.807, 2.05) is 24.3 Å². The van der Waals surface area contributed by atoms with Crippen LogP contribution in [0.2, 0.25) is 0 Å². The molecule has 0 amide bonds. The Morgan fingerprint density at radius 3 is 2.35 bits per heavy atom. The van der Waals surface area contributed by atoms with E-state index in [-0.39, 0.29) is 34.9 Å². The van der Waals surface area contributed by atoms with Crippen LogP contribution >= 0.6 is 0 Å². The number of hydrogen-bond acceptors (Lipinski definition) is 9. The van der Waals surface area contributed by atoms with Crippen LogP contribution in [0.15, 0.2) is 60.9 Å². The number of benzene rings is 1. The highest BCUT2D eigenvalue weighted by atomic mass is 19.4. The molecule has 4 heterocycles. The Bertz CT molecular complexity index is 1530. The molecule has 0 spiro atoms. The molecule has 40 heavy (non-hydrogen) atoms. The van der Waals surface area contributed by atoms with E-state index in [0.717, 1.165) is 37.4 Å². The van der Waals surface area contributed by atoms with Crippen molar-refractivity contribution in [2.45, 2.75) is 12.6 Å². The van der Waals surface area contributed by atoms with Gasteiger partial charge in [0, 0.05) is 67.9 Å². The van der Waals surface area contributed by atoms with E-state index in [1.165, 1.54) is 24.5 Å². The number of aromatic nitrogens is 4. The maximum absolute atomic E-state index is 13.4. The first-order valence-corrected chi connectivity index (χ1v) is 12.6. The summed E-state index contributed by atoms with van der Waals surface area (Å²) in [6.07, 6.45) is -2.20. The summed E-state index contributed by atoms with van der Waals surface area (Å²) in [6.45, 7) is 3.90. The quantitative estimate of drug-likeness (QED) is 0.344. The monoisotopic (exact) mass is 548 g/mol. The Labute approximate surface area is 228 Å². The molecule has 4 N–H and O–H groups in total. The molecule has 1 aromatic carbocycles. The highest BCUT2D eigenvalue weighted by molar-refractivity contribution is 6.01. The van der Waals surface area contributed by atoms with Crippen LogP contribution in [0.3, 0.4) is 0 Å². The molecule has 3 aromatic heterocycles. The van der Waals surface area contributed by atoms with Crippen molar-refractivity contribution in [3.63, 3.8) is 0 Å². The highest BCUT2D eigenvalue weighted by Crippen LogP contribution is 2.31. The Morgan fingerprint density at radius 1 is 0.925 bits per heavy atom. The fraction of sp³-hybridized carbons (Fsp3) is 0.250. The van der Waals surface area contributed by atoms with E-state index in [2.05, 4.69) is 36.8 Å². The van der Waals surface area contributed by atoms with Crippen LogP contribution in [-0.4, -0.2) is 63.8 Å². The Balaban J connectivity index is 1.40. The number of nitrogens with two attached hydrogens (primary N) is 2. The van der Waals surface area contributed by atoms with Gasteiger partial charge in [0.2, 0.25) is 5.82 Å². The second kappa shape index (κ2) is 10.9. The van der Waals surface area contributed by atoms with Gasteiger partial charge in [0.25, 0.3) is 0 Å². The minimum absolute atomic E-state index is 0.0635. The minimum Gasteiger partial charge on any atom is -0.397 e. The van der Waals surface area contributed by atoms with Crippen LogP contribution in [0.25, 0.3) is 22.5 Å². The Morgan fingerprint density at radius 2 is 1.65 bits per heavy atom. The summed E-state index contributed by atoms with van der Waals surface area (Å²) in [5.41, 5.74) is 15.1. The molecule has 1 aliphatic heterocycles. The van der Waals surface area contributed by atoms with Crippen molar-refractivity contribution >= 4 is 23.0 Å². The van der Waals surface area contributed by atoms with Gasteiger partial charge in [-0.15, -0.1) is 0 Å². The third-order valence-electron chi connectivity index (χ3n) is 6.75. The first-order chi connectivity index (χ1) is 19.1. The lowest BCUT2D eigenvalue weighted by molar-refractivity contribution is -0.144. The topological polar surface area (TPSA) is 127 Å². The normalized spacial score (nSPS) is 14.3. The summed E-state index contributed by atoms with van der Waals surface area (Å²) in [7, 11) is 2.11. The molecule has 0 atom stereocenters. The van der Waals surface area contributed by atoms with Crippen LogP contribution < -0.4 is 16.4 Å². The van der Waals surface area contributed by atoms with Crippen LogP contribution in [0.5, 0.6) is 0 Å². The Kier molecular flexibility index (Phi) is 7.35. The van der Waals surface area contributed by atoms with Crippen LogP contribution in [0.4, 0.5) is 30.4 Å². The van der Waals surface area contributed by atoms with Gasteiger partial charge < -0.3 is 21.3 Å². The van der Waals surface area contributed by atoms with Crippen LogP contribution in [0, 0.1) is 0 Å². The van der Waals surface area contributed by atoms with Gasteiger partial charge in [-0.2, -0.15) is 13.2 Å². The summed E-state index contributed by atoms with van der Waals surface area (Å²) in [5.74, 6) is -2.13. The van der Waals surface area contributed by atoms with Crippen molar-refractivity contribution in [1.82, 2.24) is 24.8 Å². The smallest absolute Gasteiger partial charge is 0.397 e. The second-order valence-electron chi connectivity index (χ2n) is 9.60. The van der Waals surface area contributed by atoms with Gasteiger partial charge in [0.05, 0.1) is 17.1 Å². The fourth-order valence-electron chi connectivity index (χ4n) is 4.57. The third-order valence-corrected chi connectivity index (χ3v) is 6.75. The predicted molar refractivity (Wildman–Crippen MR) is 147 cm³/mol. The fourth-order valence-corrected chi connectivity index (χ4v) is 4.57. The number of pyridine rings is 2. The molecule has 1 saturated heterocycles. The van der Waals surface area contributed by atoms with Crippen molar-refractivity contribution < 1.29 is 18.0 Å². The third kappa shape index (κ3) is 5.86. The van der Waals surface area contributed by atoms with E-state index in [9.17, 15) is 18.0 Å². The van der Waals surface area contributed by atoms with Gasteiger partial charge in [0.15, 0.2) is 5.78 Å². The molecule has 9 nitrogen and oxygen atoms in total. The number of rotatable bonds is 6. The number of carbonyl (C=O) groups excluding carboxylic acids is 1. The van der Waals surface area contributed by atoms with Crippen molar-refractivity contribution in [3.05, 3.63) is 78.0 Å². The lowest BCUT2D eigenvalue weighted by Gasteiger charge is -2.34. The first kappa shape index (κ1) is 27.0. The van der Waals surface area contributed by atoms with Gasteiger partial charge in [-0.05, 0) is 42.9 Å². The highest BCUT2D eigenvalue weighted by Gasteiger charge is 2.35. The average molecular weight is 549 g/mol. The van der Waals surface area contributed by atoms with Crippen LogP contribution in [0.1, 0.15) is 21.9 Å². The molecule has 0 aliphatic carbocycles. The molecule has 0 radical (unpaired) electrons. The van der Waals surface area contributed by atoms with Crippen molar-refractivity contribution in [3.8, 4) is 22.5 Å². The number of carbonyl (C=O) groups is 1. The lowest BCUT2D eigenvalue weighted by atomic mass is 9.99. The number of ketones is 1. The number of hydrogen-bond donors (Lipinski definition) is 2. The SMILES string of the molecule is CN1CCN(c2ccc(-c3ccc(N)c(C(=O)Cc4cnccc4-c4cc(N)nc(C(F)(F)F)n4)n3)cc2)CC1. The molecule has 12 heteroatoms. The van der Waals surface area contributed by atoms with Gasteiger partial charge in [-0.1, -0.05) is 12.1 Å². The molecule has 206 valence electrons. The molecular weight excluding hydrogens is 521 g/mol. The van der Waals surface area contributed by atoms with Crippen LogP contribution in [-0.2, 0) is 12.6 Å². The number of nitrogens with zero attached hydrogens (tertiary/aromatic N) is 6. The minimum atomic E-state index is -4.78. The number of piperazine rings is 1. The van der Waals surface area contributed by atoms with E-state index >= 15 is 0 Å². The molecule has 0 unspecified atom stereocenters. The zero-order chi connectivity index (χ0) is 28.4. The molecule has 0 bridgehead atoms. The number of nitrogen functional groups attached to an aromatic ring is 2. The van der Waals surface area contributed by atoms with E-state index in [1.54, 1.807) is 12.1 Å². The standard InChI is InChI=1S/C28H27F3N8O/c1-38-10-12-39(13-11-38)19-4-2-17(3-5-19)22-7-6-21(32)26(35-22)24(40)14-18-16-34-9-8-20(18)23-15-25(33)37-27(36-23)28(29,30)31/h2-9,15-16H,10-14,32H2,1H3,(H2,33,36,37). The molecule has 1 fully saturated rings. The predicted octanol–water partition coefficient (Wildman–Crippen LogP) is 3.96. The molecule has 5 rings (SSSR count). The molecular formula is C28H27F3N8O. The summed E-state index contributed by atoms with van der Waals surface area (Å²) in [6, 6.07) is 14.0. The number of alkyl halides is 3. The first-order valence-electron chi connectivity index (χ1n) is 12.6. The molecule has 1 aliphatic rings. The van der Waals surface area contributed by atoms with Gasteiger partial charge in [0.1, 0.15) is 11.5 Å². The molecule has 0 saturated carbocycles. The summed E-state index contributed by atoms with van der Waals surface area (Å²) >= 11 is 0. The van der Waals surface area contributed by atoms with E-state index in [4.69, 9.17) is 11.5 Å². The van der Waals surface area contributed by atoms with E-state index < -0.39 is 17.8 Å². The number of Topliss-reactive ketones (excluding diaryl/α,β-unsaturated/α-hetero) is 1. The van der Waals surface area contributed by atoms with E-state index in [0.29, 0.717) is 11.3 Å². The zero-order valence-electron chi connectivity index (χ0n) is 21.7. The number of halogens is 3. The van der Waals surface area contributed by atoms with Gasteiger partial charge in [-0.3, -0.25) is 9.78 Å². The summed E-state index contributed by atoms with van der Waals surface area (Å²) in [4.78, 5) is 33.5. The van der Waals surface area contributed by atoms with Crippen molar-refractivity contribution in [2.24, 2.45) is 0 Å². The number of likely N-dealkylation sites (N-methyl/N-ethyl adjacent to an activating group) is 1. The van der Waals surface area contributed by atoms with Crippen molar-refractivity contribution in [1.29, 1.82) is 0 Å². The summed E-state index contributed by atoms with van der Waals surface area (Å²) in [5, 5.41) is 0. The van der Waals surface area contributed by atoms with Crippen molar-refractivity contribution in [2.75, 3.05) is 49.6 Å². The van der Waals surface area contributed by atoms with Gasteiger partial charge in [-0.25, -0.2) is 15.0 Å². The maximum Gasteiger partial charge on any atom is 0.451 e. The van der Waals surface area contributed by atoms with Gasteiger partial charge >= 0.3 is 6.18 Å². The Hall–Kier alpha value is -4.58. The summed E-state index contributed by atoms with van der Waals surface area (Å²) < 4.78 is 39.8. The second-order valence-corrected chi connectivity index (χ2v) is 9.60. The molecule has 4 aromatic rings. The average Bonchev–Trinajstić information content (AvgIpc) is 2.93. The largest absolute Gasteiger partial charge is 0.451 e. The lowest BCUT2D eigenvalue weighted by Crippen LogP contribution is -2.44. The number of anilines is 3. The maximum atomic E-state index is 13.4. The zero-order valence-corrected chi connectivity index (χ0v) is 21.7.